The van der Waals surface area contributed by atoms with E-state index in [0.717, 1.165) is 23.7 Å². The van der Waals surface area contributed by atoms with Crippen molar-refractivity contribution < 1.29 is 4.79 Å². The molecule has 0 fully saturated rings. The quantitative estimate of drug-likeness (QED) is 0.813. The lowest BCUT2D eigenvalue weighted by atomic mass is 10.0. The van der Waals surface area contributed by atoms with Crippen LogP contribution in [-0.2, 0) is 4.79 Å². The molecule has 1 amide bonds. The molecule has 1 aromatic rings. The van der Waals surface area contributed by atoms with Crippen LogP contribution >= 0.6 is 15.9 Å². The number of unbranched alkanes of at least 4 members (excludes halogenated alkanes) is 1. The van der Waals surface area contributed by atoms with Crippen molar-refractivity contribution in [3.8, 4) is 0 Å². The van der Waals surface area contributed by atoms with Gasteiger partial charge in [-0.3, -0.25) is 4.79 Å². The number of halogens is 1. The molecule has 17 heavy (non-hydrogen) atoms. The maximum absolute atomic E-state index is 11.9. The molecule has 3 nitrogen and oxygen atoms in total. The van der Waals surface area contributed by atoms with Crippen molar-refractivity contribution in [2.45, 2.75) is 33.1 Å². The molecule has 0 aromatic heterocycles. The lowest BCUT2D eigenvalue weighted by molar-refractivity contribution is -0.119. The van der Waals surface area contributed by atoms with Crippen LogP contribution in [0.25, 0.3) is 0 Å². The van der Waals surface area contributed by atoms with Crippen LogP contribution in [0, 0.1) is 5.92 Å². The molecule has 4 heteroatoms. The fraction of sp³-hybridized carbons (Fsp3) is 0.462. The number of hydrogen-bond acceptors (Lipinski definition) is 2. The minimum absolute atomic E-state index is 0.0259. The number of hydrogen-bond donors (Lipinski definition) is 2. The highest BCUT2D eigenvalue weighted by atomic mass is 79.9. The van der Waals surface area contributed by atoms with E-state index in [4.69, 9.17) is 5.73 Å². The first kappa shape index (κ1) is 14.0. The van der Waals surface area contributed by atoms with E-state index >= 15 is 0 Å². The van der Waals surface area contributed by atoms with Gasteiger partial charge in [-0.1, -0.05) is 42.6 Å². The third kappa shape index (κ3) is 4.38. The molecule has 0 saturated carbocycles. The van der Waals surface area contributed by atoms with Gasteiger partial charge >= 0.3 is 0 Å². The Morgan fingerprint density at radius 3 is 2.82 bits per heavy atom. The molecule has 1 atom stereocenters. The van der Waals surface area contributed by atoms with Crippen molar-refractivity contribution >= 4 is 33.2 Å². The maximum Gasteiger partial charge on any atom is 0.227 e. The van der Waals surface area contributed by atoms with Gasteiger partial charge in [0.05, 0.1) is 11.4 Å². The Kier molecular flexibility index (Phi) is 5.48. The van der Waals surface area contributed by atoms with Crippen molar-refractivity contribution in [1.82, 2.24) is 0 Å². The van der Waals surface area contributed by atoms with Gasteiger partial charge in [0.25, 0.3) is 0 Å². The Labute approximate surface area is 111 Å². The molecule has 0 heterocycles. The van der Waals surface area contributed by atoms with Gasteiger partial charge in [0.2, 0.25) is 5.91 Å². The lowest BCUT2D eigenvalue weighted by Gasteiger charge is -2.13. The SMILES string of the molecule is CCCCC(C)C(=O)Nc1ccc(Br)cc1N. The van der Waals surface area contributed by atoms with Gasteiger partial charge in [-0.2, -0.15) is 0 Å². The van der Waals surface area contributed by atoms with Crippen molar-refractivity contribution in [3.63, 3.8) is 0 Å². The predicted molar refractivity (Wildman–Crippen MR) is 75.9 cm³/mol. The summed E-state index contributed by atoms with van der Waals surface area (Å²) in [6.45, 7) is 4.07. The number of nitrogens with two attached hydrogens (primary N) is 1. The van der Waals surface area contributed by atoms with Crippen molar-refractivity contribution in [3.05, 3.63) is 22.7 Å². The number of anilines is 2. The average molecular weight is 299 g/mol. The minimum Gasteiger partial charge on any atom is -0.397 e. The molecule has 0 spiro atoms. The minimum atomic E-state index is 0.0259. The standard InChI is InChI=1S/C13H19BrN2O/c1-3-4-5-9(2)13(17)16-12-7-6-10(14)8-11(12)15/h6-9H,3-5,15H2,1-2H3,(H,16,17). The van der Waals surface area contributed by atoms with E-state index in [-0.39, 0.29) is 11.8 Å². The smallest absolute Gasteiger partial charge is 0.227 e. The highest BCUT2D eigenvalue weighted by Crippen LogP contribution is 2.23. The van der Waals surface area contributed by atoms with Crippen molar-refractivity contribution in [1.29, 1.82) is 0 Å². The molecule has 0 saturated heterocycles. The van der Waals surface area contributed by atoms with E-state index < -0.39 is 0 Å². The molecule has 1 aromatic carbocycles. The maximum atomic E-state index is 11.9. The van der Waals surface area contributed by atoms with Crippen LogP contribution in [0.4, 0.5) is 11.4 Å². The average Bonchev–Trinajstić information content (AvgIpc) is 2.29. The Hall–Kier alpha value is -1.03. The lowest BCUT2D eigenvalue weighted by Crippen LogP contribution is -2.20. The number of rotatable bonds is 5. The number of nitrogens with one attached hydrogen (secondary N) is 1. The van der Waals surface area contributed by atoms with Crippen LogP contribution < -0.4 is 11.1 Å². The zero-order valence-electron chi connectivity index (χ0n) is 10.3. The van der Waals surface area contributed by atoms with Gasteiger partial charge in [-0.15, -0.1) is 0 Å². The summed E-state index contributed by atoms with van der Waals surface area (Å²) in [5, 5.41) is 2.86. The molecule has 0 radical (unpaired) electrons. The molecule has 1 rings (SSSR count). The van der Waals surface area contributed by atoms with E-state index in [0.29, 0.717) is 11.4 Å². The second kappa shape index (κ2) is 6.64. The molecule has 0 aliphatic heterocycles. The third-order valence-electron chi connectivity index (χ3n) is 2.71. The van der Waals surface area contributed by atoms with Crippen LogP contribution in [0.1, 0.15) is 33.1 Å². The van der Waals surface area contributed by atoms with Gasteiger partial charge in [0.1, 0.15) is 0 Å². The predicted octanol–water partition coefficient (Wildman–Crippen LogP) is 3.80. The second-order valence-electron chi connectivity index (χ2n) is 4.26. The molecule has 0 aliphatic rings. The monoisotopic (exact) mass is 298 g/mol. The summed E-state index contributed by atoms with van der Waals surface area (Å²) in [7, 11) is 0. The van der Waals surface area contributed by atoms with Crippen LogP contribution in [0.5, 0.6) is 0 Å². The molecular weight excluding hydrogens is 280 g/mol. The van der Waals surface area contributed by atoms with Crippen LogP contribution in [-0.4, -0.2) is 5.91 Å². The van der Waals surface area contributed by atoms with E-state index in [1.165, 1.54) is 0 Å². The third-order valence-corrected chi connectivity index (χ3v) is 3.20. The molecule has 0 aliphatic carbocycles. The van der Waals surface area contributed by atoms with Gasteiger partial charge in [-0.25, -0.2) is 0 Å². The molecule has 3 N–H and O–H groups in total. The molecular formula is C13H19BrN2O. The van der Waals surface area contributed by atoms with Crippen LogP contribution in [0.2, 0.25) is 0 Å². The highest BCUT2D eigenvalue weighted by molar-refractivity contribution is 9.10. The van der Waals surface area contributed by atoms with Crippen LogP contribution in [0.3, 0.4) is 0 Å². The van der Waals surface area contributed by atoms with Crippen molar-refractivity contribution in [2.75, 3.05) is 11.1 Å². The summed E-state index contributed by atoms with van der Waals surface area (Å²) in [6, 6.07) is 5.46. The highest BCUT2D eigenvalue weighted by Gasteiger charge is 2.13. The first-order chi connectivity index (χ1) is 8.04. The number of nitrogen functional groups attached to an aromatic ring is 1. The van der Waals surface area contributed by atoms with Gasteiger partial charge in [-0.05, 0) is 24.6 Å². The normalized spacial score (nSPS) is 12.2. The van der Waals surface area contributed by atoms with E-state index in [1.54, 1.807) is 6.07 Å². The van der Waals surface area contributed by atoms with Gasteiger partial charge in [0, 0.05) is 10.4 Å². The Bertz CT molecular complexity index is 393. The topological polar surface area (TPSA) is 55.1 Å². The molecule has 94 valence electrons. The van der Waals surface area contributed by atoms with Crippen molar-refractivity contribution in [2.24, 2.45) is 5.92 Å². The Morgan fingerprint density at radius 1 is 1.53 bits per heavy atom. The van der Waals surface area contributed by atoms with Gasteiger partial charge < -0.3 is 11.1 Å². The summed E-state index contributed by atoms with van der Waals surface area (Å²) in [5.74, 6) is 0.0606. The molecule has 1 unspecified atom stereocenters. The summed E-state index contributed by atoms with van der Waals surface area (Å²) in [6.07, 6.45) is 3.10. The van der Waals surface area contributed by atoms with E-state index in [9.17, 15) is 4.79 Å². The van der Waals surface area contributed by atoms with Gasteiger partial charge in [0.15, 0.2) is 0 Å². The van der Waals surface area contributed by atoms with E-state index in [2.05, 4.69) is 28.2 Å². The first-order valence-electron chi connectivity index (χ1n) is 5.90. The summed E-state index contributed by atoms with van der Waals surface area (Å²) in [4.78, 5) is 11.9. The first-order valence-corrected chi connectivity index (χ1v) is 6.69. The molecule has 0 bridgehead atoms. The number of carbonyl (C=O) groups is 1. The summed E-state index contributed by atoms with van der Waals surface area (Å²) in [5.41, 5.74) is 7.09. The Morgan fingerprint density at radius 2 is 2.24 bits per heavy atom. The fourth-order valence-corrected chi connectivity index (χ4v) is 1.92. The zero-order chi connectivity index (χ0) is 12.8. The zero-order valence-corrected chi connectivity index (χ0v) is 11.9. The fourth-order valence-electron chi connectivity index (χ4n) is 1.54. The number of benzene rings is 1. The Balaban J connectivity index is 2.61. The number of carbonyl (C=O) groups excluding carboxylic acids is 1. The second-order valence-corrected chi connectivity index (χ2v) is 5.18. The summed E-state index contributed by atoms with van der Waals surface area (Å²) >= 11 is 3.33. The van der Waals surface area contributed by atoms with Crippen LogP contribution in [0.15, 0.2) is 22.7 Å². The largest absolute Gasteiger partial charge is 0.397 e. The number of amides is 1. The van der Waals surface area contributed by atoms with E-state index in [1.807, 2.05) is 19.1 Å². The summed E-state index contributed by atoms with van der Waals surface area (Å²) < 4.78 is 0.909.